The Morgan fingerprint density at radius 3 is 1.80 bits per heavy atom. The van der Waals surface area contributed by atoms with E-state index >= 15 is 0 Å². The molecule has 1 aromatic heterocycles. The van der Waals surface area contributed by atoms with E-state index in [-0.39, 0.29) is 5.75 Å². The first kappa shape index (κ1) is 19.5. The van der Waals surface area contributed by atoms with Crippen LogP contribution in [0.3, 0.4) is 0 Å². The summed E-state index contributed by atoms with van der Waals surface area (Å²) in [7, 11) is 1.61. The van der Waals surface area contributed by atoms with Crippen molar-refractivity contribution in [3.63, 3.8) is 0 Å². The van der Waals surface area contributed by atoms with Gasteiger partial charge in [0.05, 0.1) is 12.2 Å². The van der Waals surface area contributed by atoms with Gasteiger partial charge >= 0.3 is 0 Å². The number of phenols is 1. The molecule has 1 heterocycles. The standard InChI is InChI=1S/C24H21N3O3/c1-29-14-15-30-19-12-13-20(21(28)16-19)24-26-22(17-8-4-2-5-9-17)25-23(27-24)18-10-6-3-7-11-18/h2-13,16,28H,14-15H2,1H3. The van der Waals surface area contributed by atoms with E-state index in [9.17, 15) is 5.11 Å². The number of rotatable bonds is 7. The Kier molecular flexibility index (Phi) is 5.96. The van der Waals surface area contributed by atoms with Crippen LogP contribution in [0, 0.1) is 0 Å². The van der Waals surface area contributed by atoms with Crippen molar-refractivity contribution < 1.29 is 14.6 Å². The molecule has 6 nitrogen and oxygen atoms in total. The molecule has 0 saturated carbocycles. The minimum atomic E-state index is 0.0362. The Morgan fingerprint density at radius 1 is 0.700 bits per heavy atom. The molecule has 0 amide bonds. The van der Waals surface area contributed by atoms with Crippen molar-refractivity contribution in [2.24, 2.45) is 0 Å². The zero-order valence-corrected chi connectivity index (χ0v) is 16.5. The molecule has 150 valence electrons. The molecule has 1 N–H and O–H groups in total. The second-order valence-electron chi connectivity index (χ2n) is 6.56. The smallest absolute Gasteiger partial charge is 0.167 e. The minimum Gasteiger partial charge on any atom is -0.507 e. The highest BCUT2D eigenvalue weighted by Gasteiger charge is 2.15. The molecular weight excluding hydrogens is 378 g/mol. The maximum atomic E-state index is 10.6. The molecule has 3 aromatic carbocycles. The number of hydrogen-bond donors (Lipinski definition) is 1. The summed E-state index contributed by atoms with van der Waals surface area (Å²) < 4.78 is 10.5. The average Bonchev–Trinajstić information content (AvgIpc) is 2.80. The zero-order valence-electron chi connectivity index (χ0n) is 16.5. The summed E-state index contributed by atoms with van der Waals surface area (Å²) in [6.07, 6.45) is 0. The second-order valence-corrected chi connectivity index (χ2v) is 6.56. The van der Waals surface area contributed by atoms with Gasteiger partial charge in [0.2, 0.25) is 0 Å². The molecule has 0 bridgehead atoms. The van der Waals surface area contributed by atoms with Crippen LogP contribution in [0.5, 0.6) is 11.5 Å². The quantitative estimate of drug-likeness (QED) is 0.458. The van der Waals surface area contributed by atoms with Gasteiger partial charge in [0.1, 0.15) is 18.1 Å². The molecule has 0 fully saturated rings. The van der Waals surface area contributed by atoms with Gasteiger partial charge in [-0.1, -0.05) is 60.7 Å². The molecule has 30 heavy (non-hydrogen) atoms. The molecule has 0 atom stereocenters. The van der Waals surface area contributed by atoms with Gasteiger partial charge in [-0.3, -0.25) is 0 Å². The molecule has 6 heteroatoms. The predicted molar refractivity (Wildman–Crippen MR) is 115 cm³/mol. The van der Waals surface area contributed by atoms with Crippen molar-refractivity contribution in [3.8, 4) is 45.7 Å². The fourth-order valence-corrected chi connectivity index (χ4v) is 2.96. The molecule has 0 saturated heterocycles. The van der Waals surface area contributed by atoms with E-state index in [0.29, 0.717) is 42.0 Å². The molecule has 0 radical (unpaired) electrons. The van der Waals surface area contributed by atoms with Gasteiger partial charge in [-0.2, -0.15) is 0 Å². The third-order valence-electron chi connectivity index (χ3n) is 4.47. The van der Waals surface area contributed by atoms with E-state index < -0.39 is 0 Å². The molecule has 0 aliphatic heterocycles. The summed E-state index contributed by atoms with van der Waals surface area (Å²) in [4.78, 5) is 13.9. The lowest BCUT2D eigenvalue weighted by Crippen LogP contribution is -2.04. The van der Waals surface area contributed by atoms with Crippen LogP contribution in [-0.4, -0.2) is 40.4 Å². The zero-order chi connectivity index (χ0) is 20.8. The second kappa shape index (κ2) is 9.15. The van der Waals surface area contributed by atoms with Crippen molar-refractivity contribution >= 4 is 0 Å². The minimum absolute atomic E-state index is 0.0362. The number of ether oxygens (including phenoxy) is 2. The number of hydrogen-bond acceptors (Lipinski definition) is 6. The number of benzene rings is 3. The molecule has 4 rings (SSSR count). The summed E-state index contributed by atoms with van der Waals surface area (Å²) in [6.45, 7) is 0.869. The van der Waals surface area contributed by atoms with Crippen LogP contribution in [0.2, 0.25) is 0 Å². The van der Waals surface area contributed by atoms with Gasteiger partial charge in [-0.05, 0) is 12.1 Å². The van der Waals surface area contributed by atoms with E-state index in [2.05, 4.69) is 15.0 Å². The van der Waals surface area contributed by atoms with Crippen LogP contribution in [0.4, 0.5) is 0 Å². The summed E-state index contributed by atoms with van der Waals surface area (Å²) >= 11 is 0. The van der Waals surface area contributed by atoms with Crippen molar-refractivity contribution in [1.29, 1.82) is 0 Å². The van der Waals surface area contributed by atoms with Gasteiger partial charge in [0.15, 0.2) is 17.5 Å². The third kappa shape index (κ3) is 4.45. The first-order valence-corrected chi connectivity index (χ1v) is 9.56. The van der Waals surface area contributed by atoms with Crippen molar-refractivity contribution in [2.75, 3.05) is 20.3 Å². The molecule has 0 aliphatic rings. The van der Waals surface area contributed by atoms with Crippen LogP contribution in [0.25, 0.3) is 34.2 Å². The maximum absolute atomic E-state index is 10.6. The lowest BCUT2D eigenvalue weighted by molar-refractivity contribution is 0.146. The van der Waals surface area contributed by atoms with E-state index in [1.165, 1.54) is 0 Å². The SMILES string of the molecule is COCCOc1ccc(-c2nc(-c3ccccc3)nc(-c3ccccc3)n2)c(O)c1. The van der Waals surface area contributed by atoms with Crippen molar-refractivity contribution in [1.82, 2.24) is 15.0 Å². The maximum Gasteiger partial charge on any atom is 0.167 e. The monoisotopic (exact) mass is 399 g/mol. The highest BCUT2D eigenvalue weighted by molar-refractivity contribution is 5.70. The lowest BCUT2D eigenvalue weighted by Gasteiger charge is -2.11. The molecule has 0 aliphatic carbocycles. The Labute approximate surface area is 174 Å². The summed E-state index contributed by atoms with van der Waals surface area (Å²) in [6, 6.07) is 24.5. The fourth-order valence-electron chi connectivity index (χ4n) is 2.96. The van der Waals surface area contributed by atoms with Gasteiger partial charge in [0.25, 0.3) is 0 Å². The van der Waals surface area contributed by atoms with Crippen LogP contribution < -0.4 is 4.74 Å². The first-order valence-electron chi connectivity index (χ1n) is 9.56. The summed E-state index contributed by atoms with van der Waals surface area (Å²) in [5.41, 5.74) is 2.25. The van der Waals surface area contributed by atoms with Crippen LogP contribution in [-0.2, 0) is 4.74 Å². The Bertz CT molecular complexity index is 1060. The van der Waals surface area contributed by atoms with Crippen LogP contribution in [0.1, 0.15) is 0 Å². The predicted octanol–water partition coefficient (Wildman–Crippen LogP) is 4.60. The number of aromatic hydroxyl groups is 1. The molecular formula is C24H21N3O3. The summed E-state index contributed by atoms with van der Waals surface area (Å²) in [5, 5.41) is 10.6. The number of nitrogens with zero attached hydrogens (tertiary/aromatic N) is 3. The summed E-state index contributed by atoms with van der Waals surface area (Å²) in [5.74, 6) is 2.06. The van der Waals surface area contributed by atoms with E-state index in [1.54, 1.807) is 25.3 Å². The van der Waals surface area contributed by atoms with E-state index in [1.807, 2.05) is 60.7 Å². The molecule has 4 aromatic rings. The van der Waals surface area contributed by atoms with E-state index in [0.717, 1.165) is 11.1 Å². The Hall–Kier alpha value is -3.77. The van der Waals surface area contributed by atoms with Crippen LogP contribution in [0.15, 0.2) is 78.9 Å². The topological polar surface area (TPSA) is 77.4 Å². The Balaban J connectivity index is 1.77. The Morgan fingerprint density at radius 2 is 1.27 bits per heavy atom. The highest BCUT2D eigenvalue weighted by atomic mass is 16.5. The van der Waals surface area contributed by atoms with Gasteiger partial charge in [0, 0.05) is 24.3 Å². The van der Waals surface area contributed by atoms with E-state index in [4.69, 9.17) is 9.47 Å². The normalized spacial score (nSPS) is 10.7. The average molecular weight is 399 g/mol. The van der Waals surface area contributed by atoms with Crippen molar-refractivity contribution in [3.05, 3.63) is 78.9 Å². The largest absolute Gasteiger partial charge is 0.507 e. The van der Waals surface area contributed by atoms with Gasteiger partial charge in [-0.15, -0.1) is 0 Å². The lowest BCUT2D eigenvalue weighted by atomic mass is 10.1. The number of phenolic OH excluding ortho intramolecular Hbond substituents is 1. The fraction of sp³-hybridized carbons (Fsp3) is 0.125. The van der Waals surface area contributed by atoms with Crippen LogP contribution >= 0.6 is 0 Å². The highest BCUT2D eigenvalue weighted by Crippen LogP contribution is 2.32. The van der Waals surface area contributed by atoms with Gasteiger partial charge in [-0.25, -0.2) is 15.0 Å². The first-order chi connectivity index (χ1) is 14.7. The number of aromatic nitrogens is 3. The molecule has 0 spiro atoms. The third-order valence-corrected chi connectivity index (χ3v) is 4.47. The van der Waals surface area contributed by atoms with Gasteiger partial charge < -0.3 is 14.6 Å². The molecule has 0 unspecified atom stereocenters. The number of methoxy groups -OCH3 is 1. The van der Waals surface area contributed by atoms with Crippen molar-refractivity contribution in [2.45, 2.75) is 0 Å².